The number of hydrogen-bond acceptors (Lipinski definition) is 4. The van der Waals surface area contributed by atoms with Gasteiger partial charge in [-0.25, -0.2) is 17.8 Å². The summed E-state index contributed by atoms with van der Waals surface area (Å²) < 4.78 is 28.0. The van der Waals surface area contributed by atoms with Crippen LogP contribution in [-0.2, 0) is 15.8 Å². The van der Waals surface area contributed by atoms with Gasteiger partial charge >= 0.3 is 0 Å². The molecule has 1 amide bonds. The fourth-order valence-corrected chi connectivity index (χ4v) is 3.84. The highest BCUT2D eigenvalue weighted by atomic mass is 32.2. The van der Waals surface area contributed by atoms with E-state index in [1.807, 2.05) is 25.1 Å². The number of rotatable bonds is 8. The Kier molecular flexibility index (Phi) is 6.26. The highest BCUT2D eigenvalue weighted by Crippen LogP contribution is 2.15. The minimum Gasteiger partial charge on any atom is -0.322 e. The number of nitrogens with zero attached hydrogens (tertiary/aromatic N) is 2. The molecule has 8 heteroatoms. The number of sulfonamides is 1. The molecule has 0 bridgehead atoms. The number of benzene rings is 2. The van der Waals surface area contributed by atoms with Crippen LogP contribution in [0.4, 0.5) is 5.69 Å². The van der Waals surface area contributed by atoms with Crippen molar-refractivity contribution in [2.45, 2.75) is 12.7 Å². The van der Waals surface area contributed by atoms with Crippen molar-refractivity contribution in [2.75, 3.05) is 11.9 Å². The molecule has 0 spiro atoms. The van der Waals surface area contributed by atoms with Crippen LogP contribution in [0.2, 0.25) is 0 Å². The van der Waals surface area contributed by atoms with Crippen LogP contribution in [0.5, 0.6) is 0 Å². The molecule has 7 nitrogen and oxygen atoms in total. The van der Waals surface area contributed by atoms with Gasteiger partial charge in [-0.2, -0.15) is 5.10 Å². The third-order valence-electron chi connectivity index (χ3n) is 4.22. The summed E-state index contributed by atoms with van der Waals surface area (Å²) in [5, 5.41) is 7.05. The average molecular weight is 410 g/mol. The van der Waals surface area contributed by atoms with Gasteiger partial charge in [0, 0.05) is 29.7 Å². The SMILES string of the molecule is C=CCNS(=O)(=O)Cc1ccc(NC(=O)c2ccc(-n3nccc3C)cc2)cc1. The van der Waals surface area contributed by atoms with Gasteiger partial charge in [-0.15, -0.1) is 6.58 Å². The molecule has 0 aliphatic heterocycles. The lowest BCUT2D eigenvalue weighted by Crippen LogP contribution is -2.25. The number of carbonyl (C=O) groups excluding carboxylic acids is 1. The van der Waals surface area contributed by atoms with Gasteiger partial charge in [0.25, 0.3) is 5.91 Å². The maximum atomic E-state index is 12.5. The standard InChI is InChI=1S/C21H22N4O3S/c1-3-13-23-29(27,28)15-17-4-8-19(9-5-17)24-21(26)18-6-10-20(11-7-18)25-16(2)12-14-22-25/h3-12,14,23H,1,13,15H2,2H3,(H,24,26). The summed E-state index contributed by atoms with van der Waals surface area (Å²) >= 11 is 0. The summed E-state index contributed by atoms with van der Waals surface area (Å²) in [4.78, 5) is 12.5. The summed E-state index contributed by atoms with van der Waals surface area (Å²) in [6.45, 7) is 5.63. The molecule has 0 unspecified atom stereocenters. The lowest BCUT2D eigenvalue weighted by atomic mass is 10.1. The first-order chi connectivity index (χ1) is 13.9. The quantitative estimate of drug-likeness (QED) is 0.558. The molecule has 0 aliphatic rings. The van der Waals surface area contributed by atoms with Crippen molar-refractivity contribution >= 4 is 21.6 Å². The van der Waals surface area contributed by atoms with Crippen LogP contribution < -0.4 is 10.0 Å². The highest BCUT2D eigenvalue weighted by Gasteiger charge is 2.11. The number of amides is 1. The first-order valence-electron chi connectivity index (χ1n) is 8.97. The molecule has 2 N–H and O–H groups in total. The Bertz CT molecular complexity index is 1100. The van der Waals surface area contributed by atoms with Crippen molar-refractivity contribution in [1.29, 1.82) is 0 Å². The number of aromatic nitrogens is 2. The Morgan fingerprint density at radius 1 is 1.10 bits per heavy atom. The Balaban J connectivity index is 1.63. The Labute approximate surface area is 170 Å². The maximum Gasteiger partial charge on any atom is 0.255 e. The topological polar surface area (TPSA) is 93.1 Å². The molecule has 150 valence electrons. The largest absolute Gasteiger partial charge is 0.322 e. The second-order valence-electron chi connectivity index (χ2n) is 6.48. The molecule has 0 saturated heterocycles. The Morgan fingerprint density at radius 3 is 2.38 bits per heavy atom. The molecule has 0 saturated carbocycles. The molecule has 0 fully saturated rings. The van der Waals surface area contributed by atoms with Crippen molar-refractivity contribution in [3.63, 3.8) is 0 Å². The van der Waals surface area contributed by atoms with Gasteiger partial charge in [-0.3, -0.25) is 4.79 Å². The molecule has 0 radical (unpaired) electrons. The van der Waals surface area contributed by atoms with Crippen LogP contribution >= 0.6 is 0 Å². The molecule has 0 atom stereocenters. The Hall–Kier alpha value is -3.23. The van der Waals surface area contributed by atoms with Crippen molar-refractivity contribution in [3.8, 4) is 5.69 Å². The van der Waals surface area contributed by atoms with E-state index in [-0.39, 0.29) is 18.2 Å². The van der Waals surface area contributed by atoms with E-state index < -0.39 is 10.0 Å². The molecule has 2 aromatic carbocycles. The van der Waals surface area contributed by atoms with E-state index in [2.05, 4.69) is 21.7 Å². The third-order valence-corrected chi connectivity index (χ3v) is 5.54. The van der Waals surface area contributed by atoms with Gasteiger partial charge < -0.3 is 5.32 Å². The van der Waals surface area contributed by atoms with E-state index in [9.17, 15) is 13.2 Å². The van der Waals surface area contributed by atoms with Crippen molar-refractivity contribution in [2.24, 2.45) is 0 Å². The number of carbonyl (C=O) groups is 1. The number of nitrogens with one attached hydrogen (secondary N) is 2. The smallest absolute Gasteiger partial charge is 0.255 e. The molecular formula is C21H22N4O3S. The monoisotopic (exact) mass is 410 g/mol. The van der Waals surface area contributed by atoms with Gasteiger partial charge in [0.1, 0.15) is 0 Å². The van der Waals surface area contributed by atoms with Crippen LogP contribution in [0, 0.1) is 6.92 Å². The number of anilines is 1. The zero-order valence-corrected chi connectivity index (χ0v) is 16.8. The minimum absolute atomic E-state index is 0.136. The van der Waals surface area contributed by atoms with E-state index in [0.717, 1.165) is 11.4 Å². The predicted octanol–water partition coefficient (Wildman–Crippen LogP) is 3.04. The lowest BCUT2D eigenvalue weighted by molar-refractivity contribution is 0.102. The molecule has 0 aliphatic carbocycles. The van der Waals surface area contributed by atoms with E-state index in [1.54, 1.807) is 47.3 Å². The normalized spacial score (nSPS) is 11.2. The van der Waals surface area contributed by atoms with E-state index in [0.29, 0.717) is 16.8 Å². The molecule has 1 heterocycles. The van der Waals surface area contributed by atoms with Crippen LogP contribution in [0.1, 0.15) is 21.6 Å². The third kappa shape index (κ3) is 5.40. The van der Waals surface area contributed by atoms with E-state index in [4.69, 9.17) is 0 Å². The summed E-state index contributed by atoms with van der Waals surface area (Å²) in [6, 6.07) is 15.7. The summed E-state index contributed by atoms with van der Waals surface area (Å²) in [5.41, 5.74) is 3.60. The zero-order valence-electron chi connectivity index (χ0n) is 16.0. The highest BCUT2D eigenvalue weighted by molar-refractivity contribution is 7.88. The minimum atomic E-state index is -3.42. The molecule has 3 rings (SSSR count). The van der Waals surface area contributed by atoms with Gasteiger partial charge in [-0.05, 0) is 55.0 Å². The van der Waals surface area contributed by atoms with Crippen LogP contribution in [0.3, 0.4) is 0 Å². The van der Waals surface area contributed by atoms with Gasteiger partial charge in [0.2, 0.25) is 10.0 Å². The fraction of sp³-hybridized carbons (Fsp3) is 0.143. The summed E-state index contributed by atoms with van der Waals surface area (Å²) in [6.07, 6.45) is 3.21. The molecule has 29 heavy (non-hydrogen) atoms. The second-order valence-corrected chi connectivity index (χ2v) is 8.29. The van der Waals surface area contributed by atoms with Crippen molar-refractivity contribution < 1.29 is 13.2 Å². The number of aryl methyl sites for hydroxylation is 1. The maximum absolute atomic E-state index is 12.5. The van der Waals surface area contributed by atoms with Crippen molar-refractivity contribution in [3.05, 3.63) is 90.3 Å². The van der Waals surface area contributed by atoms with Gasteiger partial charge in [0.05, 0.1) is 11.4 Å². The number of hydrogen-bond donors (Lipinski definition) is 2. The Morgan fingerprint density at radius 2 is 1.79 bits per heavy atom. The van der Waals surface area contributed by atoms with Crippen LogP contribution in [0.25, 0.3) is 5.69 Å². The average Bonchev–Trinajstić information content (AvgIpc) is 3.14. The van der Waals surface area contributed by atoms with Crippen LogP contribution in [0.15, 0.2) is 73.4 Å². The zero-order chi connectivity index (χ0) is 20.9. The van der Waals surface area contributed by atoms with Gasteiger partial charge in [-0.1, -0.05) is 18.2 Å². The van der Waals surface area contributed by atoms with Crippen LogP contribution in [-0.4, -0.2) is 30.7 Å². The van der Waals surface area contributed by atoms with E-state index >= 15 is 0 Å². The predicted molar refractivity (Wildman–Crippen MR) is 114 cm³/mol. The molecule has 1 aromatic heterocycles. The second kappa shape index (κ2) is 8.85. The molecule has 3 aromatic rings. The van der Waals surface area contributed by atoms with Crippen molar-refractivity contribution in [1.82, 2.24) is 14.5 Å². The first-order valence-corrected chi connectivity index (χ1v) is 10.6. The first kappa shape index (κ1) is 20.5. The fourth-order valence-electron chi connectivity index (χ4n) is 2.74. The lowest BCUT2D eigenvalue weighted by Gasteiger charge is -2.09. The molecular weight excluding hydrogens is 388 g/mol. The summed E-state index contributed by atoms with van der Waals surface area (Å²) in [5.74, 6) is -0.384. The summed E-state index contributed by atoms with van der Waals surface area (Å²) in [7, 11) is -3.42. The van der Waals surface area contributed by atoms with E-state index in [1.165, 1.54) is 6.08 Å². The van der Waals surface area contributed by atoms with Gasteiger partial charge in [0.15, 0.2) is 0 Å².